The van der Waals surface area contributed by atoms with E-state index < -0.39 is 10.2 Å². The molecule has 1 aliphatic heterocycles. The van der Waals surface area contributed by atoms with Crippen LogP contribution in [0.1, 0.15) is 12.1 Å². The predicted octanol–water partition coefficient (Wildman–Crippen LogP) is -0.0215. The zero-order valence-corrected chi connectivity index (χ0v) is 13.6. The summed E-state index contributed by atoms with van der Waals surface area (Å²) in [6, 6.07) is 9.71. The highest BCUT2D eigenvalue weighted by molar-refractivity contribution is 7.86. The van der Waals surface area contributed by atoms with Crippen molar-refractivity contribution in [3.63, 3.8) is 0 Å². The summed E-state index contributed by atoms with van der Waals surface area (Å²) in [5.41, 5.74) is 1.77. The third kappa shape index (κ3) is 4.14. The Labute approximate surface area is 135 Å². The van der Waals surface area contributed by atoms with Gasteiger partial charge in [-0.15, -0.1) is 0 Å². The second-order valence-corrected chi connectivity index (χ2v) is 7.08. The molecule has 0 aliphatic carbocycles. The minimum absolute atomic E-state index is 0.408. The molecule has 8 nitrogen and oxygen atoms in total. The van der Waals surface area contributed by atoms with Crippen molar-refractivity contribution in [1.29, 1.82) is 0 Å². The molecular weight excluding hydrogens is 316 g/mol. The smallest absolute Gasteiger partial charge is 0.276 e. The molecule has 2 aromatic rings. The first-order valence-electron chi connectivity index (χ1n) is 7.49. The van der Waals surface area contributed by atoms with Gasteiger partial charge in [-0.2, -0.15) is 27.7 Å². The highest BCUT2D eigenvalue weighted by Crippen LogP contribution is 2.10. The van der Waals surface area contributed by atoms with Gasteiger partial charge in [-0.1, -0.05) is 18.2 Å². The van der Waals surface area contributed by atoms with Gasteiger partial charge in [-0.25, -0.2) is 5.14 Å². The first-order valence-corrected chi connectivity index (χ1v) is 8.99. The van der Waals surface area contributed by atoms with E-state index in [4.69, 9.17) is 5.14 Å². The Morgan fingerprint density at radius 1 is 1.09 bits per heavy atom. The van der Waals surface area contributed by atoms with E-state index >= 15 is 0 Å². The Balaban J connectivity index is 1.63. The van der Waals surface area contributed by atoms with E-state index in [1.807, 2.05) is 30.3 Å². The molecule has 1 saturated heterocycles. The van der Waals surface area contributed by atoms with Crippen molar-refractivity contribution < 1.29 is 8.42 Å². The van der Waals surface area contributed by atoms with Gasteiger partial charge < -0.3 is 0 Å². The van der Waals surface area contributed by atoms with Crippen LogP contribution in [0.15, 0.2) is 36.5 Å². The minimum Gasteiger partial charge on any atom is -0.296 e. The number of nitrogens with two attached hydrogens (primary N) is 1. The summed E-state index contributed by atoms with van der Waals surface area (Å²) in [6.07, 6.45) is 2.50. The third-order valence-electron chi connectivity index (χ3n) is 3.82. The van der Waals surface area contributed by atoms with E-state index in [9.17, 15) is 8.42 Å². The minimum atomic E-state index is -3.60. The van der Waals surface area contributed by atoms with Gasteiger partial charge in [0.05, 0.1) is 17.6 Å². The third-order valence-corrected chi connectivity index (χ3v) is 4.90. The molecule has 9 heteroatoms. The molecule has 3 rings (SSSR count). The fraction of sp³-hybridized carbons (Fsp3) is 0.429. The van der Waals surface area contributed by atoms with Crippen LogP contribution in [0.4, 0.5) is 0 Å². The van der Waals surface area contributed by atoms with Crippen LogP contribution < -0.4 is 5.14 Å². The van der Waals surface area contributed by atoms with E-state index in [0.29, 0.717) is 26.2 Å². The average Bonchev–Trinajstić information content (AvgIpc) is 2.85. The van der Waals surface area contributed by atoms with Crippen LogP contribution in [0, 0.1) is 0 Å². The lowest BCUT2D eigenvalue weighted by molar-refractivity contribution is 0.275. The zero-order chi connectivity index (χ0) is 16.3. The quantitative estimate of drug-likeness (QED) is 0.846. The summed E-state index contributed by atoms with van der Waals surface area (Å²) in [7, 11) is -3.60. The van der Waals surface area contributed by atoms with Crippen LogP contribution in [-0.4, -0.2) is 58.8 Å². The van der Waals surface area contributed by atoms with Gasteiger partial charge in [-0.3, -0.25) is 4.90 Å². The lowest BCUT2D eigenvalue weighted by atomic mass is 10.3. The van der Waals surface area contributed by atoms with Gasteiger partial charge in [0.2, 0.25) is 0 Å². The second kappa shape index (κ2) is 6.75. The van der Waals surface area contributed by atoms with Crippen LogP contribution in [0.2, 0.25) is 0 Å². The maximum atomic E-state index is 11.4. The van der Waals surface area contributed by atoms with Gasteiger partial charge in [0, 0.05) is 26.2 Å². The maximum Gasteiger partial charge on any atom is 0.276 e. The molecule has 0 saturated carbocycles. The van der Waals surface area contributed by atoms with E-state index in [-0.39, 0.29) is 0 Å². The summed E-state index contributed by atoms with van der Waals surface area (Å²) in [5, 5.41) is 14.0. The van der Waals surface area contributed by atoms with Crippen molar-refractivity contribution in [3.05, 3.63) is 42.2 Å². The second-order valence-electron chi connectivity index (χ2n) is 5.53. The molecule has 0 spiro atoms. The largest absolute Gasteiger partial charge is 0.296 e. The number of aromatic nitrogens is 3. The molecule has 1 aromatic heterocycles. The van der Waals surface area contributed by atoms with Gasteiger partial charge in [0.1, 0.15) is 0 Å². The molecule has 0 unspecified atom stereocenters. The molecule has 1 aromatic carbocycles. The SMILES string of the molecule is NS(=O)(=O)N1CCCN(Cc2cnn(-c3ccccc3)n2)CC1. The van der Waals surface area contributed by atoms with Gasteiger partial charge in [-0.05, 0) is 25.1 Å². The van der Waals surface area contributed by atoms with Gasteiger partial charge in [0.15, 0.2) is 0 Å². The van der Waals surface area contributed by atoms with Crippen molar-refractivity contribution in [2.45, 2.75) is 13.0 Å². The normalized spacial score (nSPS) is 18.0. The van der Waals surface area contributed by atoms with E-state index in [1.165, 1.54) is 4.31 Å². The zero-order valence-electron chi connectivity index (χ0n) is 12.7. The standard InChI is InChI=1S/C14H20N6O2S/c15-23(21,22)19-8-4-7-18(9-10-19)12-13-11-16-20(17-13)14-5-2-1-3-6-14/h1-3,5-6,11H,4,7-10,12H2,(H2,15,21,22). The number of benzene rings is 1. The van der Waals surface area contributed by atoms with Crippen LogP contribution in [0.5, 0.6) is 0 Å². The topological polar surface area (TPSA) is 97.4 Å². The Bertz CT molecular complexity index is 746. The Hall–Kier alpha value is -1.81. The van der Waals surface area contributed by atoms with E-state index in [2.05, 4.69) is 15.1 Å². The van der Waals surface area contributed by atoms with E-state index in [1.54, 1.807) is 11.0 Å². The van der Waals surface area contributed by atoms with E-state index in [0.717, 1.165) is 24.3 Å². The first kappa shape index (κ1) is 16.1. The van der Waals surface area contributed by atoms with Crippen LogP contribution >= 0.6 is 0 Å². The van der Waals surface area contributed by atoms with Crippen molar-refractivity contribution in [2.24, 2.45) is 5.14 Å². The summed E-state index contributed by atoms with van der Waals surface area (Å²) in [4.78, 5) is 3.77. The molecule has 23 heavy (non-hydrogen) atoms. The number of hydrogen-bond donors (Lipinski definition) is 1. The molecule has 0 amide bonds. The summed E-state index contributed by atoms with van der Waals surface area (Å²) in [5.74, 6) is 0. The number of nitrogens with zero attached hydrogens (tertiary/aromatic N) is 5. The monoisotopic (exact) mass is 336 g/mol. The number of para-hydroxylation sites is 1. The molecule has 2 heterocycles. The fourth-order valence-corrected chi connectivity index (χ4v) is 3.36. The Morgan fingerprint density at radius 3 is 2.61 bits per heavy atom. The highest BCUT2D eigenvalue weighted by atomic mass is 32.2. The first-order chi connectivity index (χ1) is 11.0. The average molecular weight is 336 g/mol. The van der Waals surface area contributed by atoms with Crippen molar-refractivity contribution in [3.8, 4) is 5.69 Å². The summed E-state index contributed by atoms with van der Waals surface area (Å²) >= 11 is 0. The highest BCUT2D eigenvalue weighted by Gasteiger charge is 2.22. The van der Waals surface area contributed by atoms with Crippen molar-refractivity contribution in [2.75, 3.05) is 26.2 Å². The van der Waals surface area contributed by atoms with Crippen LogP contribution in [0.25, 0.3) is 5.69 Å². The van der Waals surface area contributed by atoms with Gasteiger partial charge in [0.25, 0.3) is 10.2 Å². The predicted molar refractivity (Wildman–Crippen MR) is 85.9 cm³/mol. The van der Waals surface area contributed by atoms with Crippen molar-refractivity contribution in [1.82, 2.24) is 24.2 Å². The molecule has 1 fully saturated rings. The molecule has 0 atom stereocenters. The maximum absolute atomic E-state index is 11.4. The summed E-state index contributed by atoms with van der Waals surface area (Å²) < 4.78 is 24.2. The molecule has 0 bridgehead atoms. The fourth-order valence-electron chi connectivity index (χ4n) is 2.64. The number of rotatable bonds is 4. The summed E-state index contributed by atoms with van der Waals surface area (Å²) in [6.45, 7) is 2.96. The lowest BCUT2D eigenvalue weighted by Gasteiger charge is -2.19. The van der Waals surface area contributed by atoms with Crippen LogP contribution in [0.3, 0.4) is 0 Å². The molecule has 2 N–H and O–H groups in total. The van der Waals surface area contributed by atoms with Gasteiger partial charge >= 0.3 is 0 Å². The number of hydrogen-bond acceptors (Lipinski definition) is 5. The van der Waals surface area contributed by atoms with Crippen molar-refractivity contribution >= 4 is 10.2 Å². The molecule has 0 radical (unpaired) electrons. The van der Waals surface area contributed by atoms with Crippen LogP contribution in [-0.2, 0) is 16.8 Å². The molecule has 124 valence electrons. The lowest BCUT2D eigenvalue weighted by Crippen LogP contribution is -2.39. The Kier molecular flexibility index (Phi) is 4.71. The Morgan fingerprint density at radius 2 is 1.87 bits per heavy atom. The molecular formula is C14H20N6O2S. The molecule has 1 aliphatic rings.